The average Bonchev–Trinajstić information content (AvgIpc) is 2.46. The van der Waals surface area contributed by atoms with Gasteiger partial charge in [-0.15, -0.1) is 0 Å². The maximum absolute atomic E-state index is 13.8. The molecule has 0 aliphatic rings. The first-order valence-corrected chi connectivity index (χ1v) is 6.86. The van der Waals surface area contributed by atoms with Gasteiger partial charge in [0.1, 0.15) is 23.8 Å². The van der Waals surface area contributed by atoms with E-state index < -0.39 is 11.4 Å². The van der Waals surface area contributed by atoms with Crippen LogP contribution in [0.5, 0.6) is 5.75 Å². The third-order valence-corrected chi connectivity index (χ3v) is 3.38. The van der Waals surface area contributed by atoms with E-state index in [4.69, 9.17) is 10.5 Å². The van der Waals surface area contributed by atoms with Gasteiger partial charge in [0, 0.05) is 17.7 Å². The summed E-state index contributed by atoms with van der Waals surface area (Å²) in [6, 6.07) is 13.4. The molecule has 2 aromatic rings. The summed E-state index contributed by atoms with van der Waals surface area (Å²) in [6.45, 7) is 3.42. The fourth-order valence-corrected chi connectivity index (χ4v) is 2.07. The zero-order chi connectivity index (χ0) is 15.5. The molecule has 0 spiro atoms. The third kappa shape index (κ3) is 3.80. The number of nitrogens with two attached hydrogens (primary N) is 1. The molecular weight excluding hydrogens is 269 g/mol. The second kappa shape index (κ2) is 6.24. The van der Waals surface area contributed by atoms with Crippen molar-refractivity contribution < 1.29 is 14.2 Å². The van der Waals surface area contributed by atoms with Crippen LogP contribution in [0, 0.1) is 5.82 Å². The molecule has 0 saturated carbocycles. The summed E-state index contributed by atoms with van der Waals surface area (Å²) in [5.74, 6) is -0.0324. The van der Waals surface area contributed by atoms with Crippen molar-refractivity contribution in [3.05, 3.63) is 65.5 Å². The normalized spacial score (nSPS) is 15.3. The van der Waals surface area contributed by atoms with Crippen molar-refractivity contribution in [1.29, 1.82) is 0 Å². The molecule has 0 bridgehead atoms. The number of hydrogen-bond donors (Lipinski definition) is 2. The maximum Gasteiger partial charge on any atom is 0.131 e. The summed E-state index contributed by atoms with van der Waals surface area (Å²) in [6.07, 6.45) is 0. The highest BCUT2D eigenvalue weighted by Gasteiger charge is 2.24. The van der Waals surface area contributed by atoms with E-state index >= 15 is 0 Å². The standard InChI is InChI=1S/C17H20FNO2/c1-12(19)15-9-8-14(10-16(15)18)21-11-17(2,20)13-6-4-3-5-7-13/h3-10,12,20H,11,19H2,1-2H3. The predicted octanol–water partition coefficient (Wildman–Crippen LogP) is 3.13. The van der Waals surface area contributed by atoms with E-state index in [-0.39, 0.29) is 12.6 Å². The SMILES string of the molecule is CC(N)c1ccc(OCC(C)(O)c2ccccc2)cc1F. The van der Waals surface area contributed by atoms with Crippen LogP contribution in [-0.4, -0.2) is 11.7 Å². The van der Waals surface area contributed by atoms with Crippen molar-refractivity contribution in [3.8, 4) is 5.75 Å². The van der Waals surface area contributed by atoms with Gasteiger partial charge in [0.05, 0.1) is 0 Å². The highest BCUT2D eigenvalue weighted by molar-refractivity contribution is 5.31. The zero-order valence-corrected chi connectivity index (χ0v) is 12.2. The van der Waals surface area contributed by atoms with Crippen LogP contribution >= 0.6 is 0 Å². The topological polar surface area (TPSA) is 55.5 Å². The average molecular weight is 289 g/mol. The molecule has 4 heteroatoms. The molecule has 112 valence electrons. The van der Waals surface area contributed by atoms with Crippen molar-refractivity contribution >= 4 is 0 Å². The summed E-state index contributed by atoms with van der Waals surface area (Å²) in [5, 5.41) is 10.4. The van der Waals surface area contributed by atoms with Crippen LogP contribution in [0.1, 0.15) is 31.0 Å². The molecule has 2 rings (SSSR count). The Labute approximate surface area is 124 Å². The quantitative estimate of drug-likeness (QED) is 0.889. The van der Waals surface area contributed by atoms with Crippen LogP contribution in [0.4, 0.5) is 4.39 Å². The molecule has 0 aromatic heterocycles. The van der Waals surface area contributed by atoms with E-state index in [1.165, 1.54) is 6.07 Å². The molecule has 2 unspecified atom stereocenters. The Morgan fingerprint density at radius 2 is 1.90 bits per heavy atom. The van der Waals surface area contributed by atoms with E-state index in [0.717, 1.165) is 5.56 Å². The molecule has 3 N–H and O–H groups in total. The molecule has 0 aliphatic heterocycles. The Balaban J connectivity index is 2.08. The summed E-state index contributed by atoms with van der Waals surface area (Å²) >= 11 is 0. The van der Waals surface area contributed by atoms with E-state index in [2.05, 4.69) is 0 Å². The Kier molecular flexibility index (Phi) is 4.60. The van der Waals surface area contributed by atoms with Crippen molar-refractivity contribution in [1.82, 2.24) is 0 Å². The van der Waals surface area contributed by atoms with Gasteiger partial charge < -0.3 is 15.6 Å². The first kappa shape index (κ1) is 15.5. The van der Waals surface area contributed by atoms with Crippen LogP contribution in [0.2, 0.25) is 0 Å². The minimum absolute atomic E-state index is 0.0357. The largest absolute Gasteiger partial charge is 0.490 e. The molecule has 0 heterocycles. The lowest BCUT2D eigenvalue weighted by atomic mass is 9.97. The Morgan fingerprint density at radius 3 is 2.48 bits per heavy atom. The van der Waals surface area contributed by atoms with Gasteiger partial charge >= 0.3 is 0 Å². The van der Waals surface area contributed by atoms with Crippen LogP contribution in [-0.2, 0) is 5.60 Å². The Bertz CT molecular complexity index is 597. The first-order chi connectivity index (χ1) is 9.90. The molecule has 3 nitrogen and oxygen atoms in total. The summed E-state index contributed by atoms with van der Waals surface area (Å²) in [4.78, 5) is 0. The van der Waals surface area contributed by atoms with Crippen molar-refractivity contribution in [2.45, 2.75) is 25.5 Å². The van der Waals surface area contributed by atoms with Gasteiger partial charge in [-0.1, -0.05) is 36.4 Å². The van der Waals surface area contributed by atoms with Crippen LogP contribution < -0.4 is 10.5 Å². The molecule has 0 radical (unpaired) electrons. The first-order valence-electron chi connectivity index (χ1n) is 6.86. The third-order valence-electron chi connectivity index (χ3n) is 3.38. The molecule has 2 aromatic carbocycles. The van der Waals surface area contributed by atoms with Gasteiger partial charge in [0.25, 0.3) is 0 Å². The molecule has 21 heavy (non-hydrogen) atoms. The number of aliphatic hydroxyl groups is 1. The van der Waals surface area contributed by atoms with Gasteiger partial charge in [0.15, 0.2) is 0 Å². The minimum Gasteiger partial charge on any atom is -0.490 e. The van der Waals surface area contributed by atoms with Crippen LogP contribution in [0.3, 0.4) is 0 Å². The lowest BCUT2D eigenvalue weighted by Crippen LogP contribution is -2.29. The van der Waals surface area contributed by atoms with Crippen LogP contribution in [0.25, 0.3) is 0 Å². The number of ether oxygens (including phenoxy) is 1. The van der Waals surface area contributed by atoms with Gasteiger partial charge in [-0.3, -0.25) is 0 Å². The lowest BCUT2D eigenvalue weighted by Gasteiger charge is -2.24. The molecule has 0 fully saturated rings. The number of benzene rings is 2. The number of hydrogen-bond acceptors (Lipinski definition) is 3. The smallest absolute Gasteiger partial charge is 0.131 e. The fraction of sp³-hybridized carbons (Fsp3) is 0.294. The van der Waals surface area contributed by atoms with Crippen molar-refractivity contribution in [2.75, 3.05) is 6.61 Å². The molecular formula is C17H20FNO2. The number of rotatable bonds is 5. The highest BCUT2D eigenvalue weighted by Crippen LogP contribution is 2.24. The van der Waals surface area contributed by atoms with Crippen molar-refractivity contribution in [3.63, 3.8) is 0 Å². The van der Waals surface area contributed by atoms with Gasteiger partial charge in [-0.25, -0.2) is 4.39 Å². The minimum atomic E-state index is -1.14. The fourth-order valence-electron chi connectivity index (χ4n) is 2.07. The number of halogens is 1. The monoisotopic (exact) mass is 289 g/mol. The highest BCUT2D eigenvalue weighted by atomic mass is 19.1. The molecule has 2 atom stereocenters. The Morgan fingerprint density at radius 1 is 1.24 bits per heavy atom. The summed E-state index contributed by atoms with van der Waals surface area (Å²) < 4.78 is 19.3. The Hall–Kier alpha value is -1.91. The second-order valence-corrected chi connectivity index (χ2v) is 5.40. The molecule has 0 amide bonds. The van der Waals surface area contributed by atoms with E-state index in [0.29, 0.717) is 11.3 Å². The molecule has 0 saturated heterocycles. The van der Waals surface area contributed by atoms with Gasteiger partial charge in [-0.05, 0) is 25.5 Å². The molecule has 0 aliphatic carbocycles. The van der Waals surface area contributed by atoms with Crippen LogP contribution in [0.15, 0.2) is 48.5 Å². The van der Waals surface area contributed by atoms with E-state index in [9.17, 15) is 9.50 Å². The lowest BCUT2D eigenvalue weighted by molar-refractivity contribution is 0.00749. The zero-order valence-electron chi connectivity index (χ0n) is 12.2. The van der Waals surface area contributed by atoms with Crippen molar-refractivity contribution in [2.24, 2.45) is 5.73 Å². The van der Waals surface area contributed by atoms with E-state index in [1.807, 2.05) is 30.3 Å². The van der Waals surface area contributed by atoms with E-state index in [1.54, 1.807) is 26.0 Å². The van der Waals surface area contributed by atoms with Gasteiger partial charge in [0.2, 0.25) is 0 Å². The predicted molar refractivity (Wildman–Crippen MR) is 80.5 cm³/mol. The summed E-state index contributed by atoms with van der Waals surface area (Å²) in [7, 11) is 0. The summed E-state index contributed by atoms with van der Waals surface area (Å²) in [5.41, 5.74) is 5.71. The van der Waals surface area contributed by atoms with Gasteiger partial charge in [-0.2, -0.15) is 0 Å². The maximum atomic E-state index is 13.8. The second-order valence-electron chi connectivity index (χ2n) is 5.40.